The minimum atomic E-state index is -3.79. The molecule has 10 heteroatoms. The van der Waals surface area contributed by atoms with Gasteiger partial charge in [-0.3, -0.25) is 13.9 Å². The Bertz CT molecular complexity index is 1060. The average molecular weight is 528 g/mol. The standard InChI is InChI=1S/C22H27BrFN3O4S/c1-15(2)25-22(29)16(3)26(13-17-8-10-19(24)11-9-17)21(28)14-27(32(4,30)31)20-7-5-6-18(23)12-20/h5-12,15-16H,13-14H2,1-4H3,(H,25,29)/t16-/m1/s1. The zero-order valence-corrected chi connectivity index (χ0v) is 20.8. The van der Waals surface area contributed by atoms with E-state index in [9.17, 15) is 22.4 Å². The highest BCUT2D eigenvalue weighted by molar-refractivity contribution is 9.10. The second kappa shape index (κ2) is 10.9. The molecule has 0 aromatic heterocycles. The van der Waals surface area contributed by atoms with Gasteiger partial charge in [-0.15, -0.1) is 0 Å². The van der Waals surface area contributed by atoms with Crippen molar-refractivity contribution in [2.45, 2.75) is 39.4 Å². The molecule has 32 heavy (non-hydrogen) atoms. The first-order chi connectivity index (χ1) is 14.9. The van der Waals surface area contributed by atoms with E-state index in [4.69, 9.17) is 0 Å². The smallest absolute Gasteiger partial charge is 0.244 e. The van der Waals surface area contributed by atoms with Crippen molar-refractivity contribution >= 4 is 43.5 Å². The number of carbonyl (C=O) groups excluding carboxylic acids is 2. The molecular formula is C22H27BrFN3O4S. The number of halogens is 2. The van der Waals surface area contributed by atoms with E-state index in [2.05, 4.69) is 21.2 Å². The summed E-state index contributed by atoms with van der Waals surface area (Å²) in [6.45, 7) is 4.70. The highest BCUT2D eigenvalue weighted by Crippen LogP contribution is 2.23. The van der Waals surface area contributed by atoms with Gasteiger partial charge in [-0.25, -0.2) is 12.8 Å². The Kier molecular flexibility index (Phi) is 8.80. The van der Waals surface area contributed by atoms with Crippen LogP contribution in [-0.2, 0) is 26.2 Å². The Morgan fingerprint density at radius 2 is 1.72 bits per heavy atom. The molecule has 2 amide bonds. The molecule has 0 fully saturated rings. The quantitative estimate of drug-likeness (QED) is 0.542. The van der Waals surface area contributed by atoms with E-state index in [0.717, 1.165) is 10.6 Å². The van der Waals surface area contributed by atoms with Crippen LogP contribution < -0.4 is 9.62 Å². The molecule has 7 nitrogen and oxygen atoms in total. The van der Waals surface area contributed by atoms with Gasteiger partial charge < -0.3 is 10.2 Å². The highest BCUT2D eigenvalue weighted by Gasteiger charge is 2.30. The lowest BCUT2D eigenvalue weighted by molar-refractivity contribution is -0.139. The molecule has 0 bridgehead atoms. The molecule has 2 aromatic rings. The number of nitrogens with zero attached hydrogens (tertiary/aromatic N) is 2. The summed E-state index contributed by atoms with van der Waals surface area (Å²) in [6, 6.07) is 11.1. The summed E-state index contributed by atoms with van der Waals surface area (Å²) in [5.41, 5.74) is 0.925. The van der Waals surface area contributed by atoms with Crippen LogP contribution in [0.2, 0.25) is 0 Å². The van der Waals surface area contributed by atoms with Crippen molar-refractivity contribution in [3.63, 3.8) is 0 Å². The van der Waals surface area contributed by atoms with Crippen LogP contribution in [0.1, 0.15) is 26.3 Å². The van der Waals surface area contributed by atoms with Gasteiger partial charge in [-0.2, -0.15) is 0 Å². The van der Waals surface area contributed by atoms with E-state index in [1.165, 1.54) is 29.2 Å². The van der Waals surface area contributed by atoms with Crippen LogP contribution in [0.25, 0.3) is 0 Å². The van der Waals surface area contributed by atoms with Gasteiger partial charge in [0.05, 0.1) is 11.9 Å². The number of hydrogen-bond donors (Lipinski definition) is 1. The van der Waals surface area contributed by atoms with E-state index >= 15 is 0 Å². The number of anilines is 1. The molecule has 2 aromatic carbocycles. The SMILES string of the molecule is CC(C)NC(=O)[C@@H](C)N(Cc1ccc(F)cc1)C(=O)CN(c1cccc(Br)c1)S(C)(=O)=O. The number of nitrogens with one attached hydrogen (secondary N) is 1. The molecule has 174 valence electrons. The molecule has 0 saturated heterocycles. The van der Waals surface area contributed by atoms with Crippen LogP contribution in [0, 0.1) is 5.82 Å². The average Bonchev–Trinajstić information content (AvgIpc) is 2.69. The molecule has 0 radical (unpaired) electrons. The topological polar surface area (TPSA) is 86.8 Å². The molecule has 0 spiro atoms. The van der Waals surface area contributed by atoms with Gasteiger partial charge in [-0.1, -0.05) is 34.1 Å². The van der Waals surface area contributed by atoms with Crippen molar-refractivity contribution in [1.29, 1.82) is 0 Å². The molecule has 0 aliphatic carbocycles. The van der Waals surface area contributed by atoms with E-state index < -0.39 is 34.3 Å². The van der Waals surface area contributed by atoms with Crippen molar-refractivity contribution in [2.24, 2.45) is 0 Å². The monoisotopic (exact) mass is 527 g/mol. The van der Waals surface area contributed by atoms with Crippen LogP contribution >= 0.6 is 15.9 Å². The van der Waals surface area contributed by atoms with Crippen molar-refractivity contribution in [1.82, 2.24) is 10.2 Å². The third kappa shape index (κ3) is 7.30. The van der Waals surface area contributed by atoms with Gasteiger partial charge in [-0.05, 0) is 56.7 Å². The number of rotatable bonds is 9. The number of hydrogen-bond acceptors (Lipinski definition) is 4. The Morgan fingerprint density at radius 1 is 1.09 bits per heavy atom. The fraction of sp³-hybridized carbons (Fsp3) is 0.364. The normalized spacial score (nSPS) is 12.3. The predicted octanol–water partition coefficient (Wildman–Crippen LogP) is 3.30. The van der Waals surface area contributed by atoms with Crippen LogP contribution in [0.5, 0.6) is 0 Å². The molecule has 2 rings (SSSR count). The summed E-state index contributed by atoms with van der Waals surface area (Å²) in [7, 11) is -3.79. The van der Waals surface area contributed by atoms with E-state index in [1.807, 2.05) is 0 Å². The number of sulfonamides is 1. The fourth-order valence-corrected chi connectivity index (χ4v) is 4.25. The minimum absolute atomic E-state index is 0.0158. The van der Waals surface area contributed by atoms with Gasteiger partial charge in [0.15, 0.2) is 0 Å². The minimum Gasteiger partial charge on any atom is -0.352 e. The first kappa shape index (κ1) is 25.8. The maximum absolute atomic E-state index is 13.3. The van der Waals surface area contributed by atoms with Gasteiger partial charge in [0.25, 0.3) is 0 Å². The lowest BCUT2D eigenvalue weighted by atomic mass is 10.1. The molecular weight excluding hydrogens is 501 g/mol. The number of benzene rings is 2. The fourth-order valence-electron chi connectivity index (χ4n) is 3.02. The molecule has 1 N–H and O–H groups in total. The maximum Gasteiger partial charge on any atom is 0.244 e. The Morgan fingerprint density at radius 3 is 2.25 bits per heavy atom. The van der Waals surface area contributed by atoms with Gasteiger partial charge >= 0.3 is 0 Å². The molecule has 0 unspecified atom stereocenters. The van der Waals surface area contributed by atoms with Crippen LogP contribution in [-0.4, -0.2) is 50.0 Å². The first-order valence-corrected chi connectivity index (χ1v) is 12.6. The maximum atomic E-state index is 13.3. The Hall–Kier alpha value is -2.46. The molecule has 0 heterocycles. The van der Waals surface area contributed by atoms with Crippen molar-refractivity contribution in [3.8, 4) is 0 Å². The molecule has 0 aliphatic heterocycles. The summed E-state index contributed by atoms with van der Waals surface area (Å²) < 4.78 is 39.9. The van der Waals surface area contributed by atoms with E-state index in [0.29, 0.717) is 15.7 Å². The van der Waals surface area contributed by atoms with Crippen LogP contribution in [0.3, 0.4) is 0 Å². The zero-order valence-electron chi connectivity index (χ0n) is 18.4. The summed E-state index contributed by atoms with van der Waals surface area (Å²) in [5.74, 6) is -1.36. The van der Waals surface area contributed by atoms with E-state index in [1.54, 1.807) is 45.0 Å². The third-order valence-corrected chi connectivity index (χ3v) is 6.27. The Labute approximate surface area is 196 Å². The second-order valence-corrected chi connectivity index (χ2v) is 10.6. The van der Waals surface area contributed by atoms with Gasteiger partial charge in [0, 0.05) is 17.1 Å². The van der Waals surface area contributed by atoms with Gasteiger partial charge in [0.1, 0.15) is 18.4 Å². The third-order valence-electron chi connectivity index (χ3n) is 4.64. The van der Waals surface area contributed by atoms with Crippen molar-refractivity contribution in [3.05, 3.63) is 64.4 Å². The lowest BCUT2D eigenvalue weighted by Gasteiger charge is -2.32. The number of carbonyl (C=O) groups is 2. The lowest BCUT2D eigenvalue weighted by Crippen LogP contribution is -2.52. The summed E-state index contributed by atoms with van der Waals surface area (Å²) in [4.78, 5) is 27.2. The first-order valence-electron chi connectivity index (χ1n) is 9.96. The summed E-state index contributed by atoms with van der Waals surface area (Å²) in [5, 5.41) is 2.76. The molecule has 0 saturated carbocycles. The Balaban J connectivity index is 2.38. The summed E-state index contributed by atoms with van der Waals surface area (Å²) in [6.07, 6.45) is 1.01. The molecule has 0 aliphatic rings. The largest absolute Gasteiger partial charge is 0.352 e. The predicted molar refractivity (Wildman–Crippen MR) is 126 cm³/mol. The van der Waals surface area contributed by atoms with Gasteiger partial charge in [0.2, 0.25) is 21.8 Å². The number of amides is 2. The highest BCUT2D eigenvalue weighted by atomic mass is 79.9. The zero-order chi connectivity index (χ0) is 24.1. The molecule has 1 atom stereocenters. The summed E-state index contributed by atoms with van der Waals surface area (Å²) >= 11 is 3.31. The van der Waals surface area contributed by atoms with Crippen molar-refractivity contribution in [2.75, 3.05) is 17.1 Å². The van der Waals surface area contributed by atoms with Crippen molar-refractivity contribution < 1.29 is 22.4 Å². The van der Waals surface area contributed by atoms with Crippen LogP contribution in [0.4, 0.5) is 10.1 Å². The van der Waals surface area contributed by atoms with E-state index in [-0.39, 0.29) is 18.5 Å². The second-order valence-electron chi connectivity index (χ2n) is 7.74. The van der Waals surface area contributed by atoms with Crippen LogP contribution in [0.15, 0.2) is 53.0 Å².